The molecule has 0 aliphatic carbocycles. The van der Waals surface area contributed by atoms with Crippen molar-refractivity contribution in [2.24, 2.45) is 5.92 Å². The molecule has 1 N–H and O–H groups in total. The minimum atomic E-state index is 0.0959. The van der Waals surface area contributed by atoms with Gasteiger partial charge >= 0.3 is 0 Å². The lowest BCUT2D eigenvalue weighted by Crippen LogP contribution is -2.39. The average Bonchev–Trinajstić information content (AvgIpc) is 2.67. The lowest BCUT2D eigenvalue weighted by Gasteiger charge is -2.32. The summed E-state index contributed by atoms with van der Waals surface area (Å²) in [6, 6.07) is 3.88. The van der Waals surface area contributed by atoms with Crippen molar-refractivity contribution < 1.29 is 4.79 Å². The molecule has 1 aliphatic heterocycles. The number of aryl methyl sites for hydroxylation is 2. The molecule has 0 saturated carbocycles. The third kappa shape index (κ3) is 6.59. The van der Waals surface area contributed by atoms with E-state index in [0.29, 0.717) is 17.7 Å². The first-order chi connectivity index (χ1) is 14.4. The van der Waals surface area contributed by atoms with Gasteiger partial charge in [0.05, 0.1) is 0 Å². The van der Waals surface area contributed by atoms with E-state index in [0.717, 1.165) is 56.0 Å². The van der Waals surface area contributed by atoms with E-state index in [-0.39, 0.29) is 5.91 Å². The Kier molecular flexibility index (Phi) is 7.46. The maximum atomic E-state index is 12.5. The van der Waals surface area contributed by atoms with Gasteiger partial charge < -0.3 is 15.1 Å². The van der Waals surface area contributed by atoms with Gasteiger partial charge in [-0.15, -0.1) is 0 Å². The molecule has 2 aromatic rings. The second kappa shape index (κ2) is 10.2. The standard InChI is InChI=1S/C22H31N7O/c1-16-11-17(2)26-22(25-16)27-20-13-19(23-15-24-20)12-18-7-5-10-29(14-18)21(30)8-6-9-28(3)4/h6,8,11,13,15,18H,5,7,9-10,12,14H2,1-4H3,(H,23,24,25,26,27)/b8-6+/t18-/m1/s1. The molecule has 3 rings (SSSR count). The summed E-state index contributed by atoms with van der Waals surface area (Å²) in [5, 5.41) is 3.17. The highest BCUT2D eigenvalue weighted by molar-refractivity contribution is 5.87. The summed E-state index contributed by atoms with van der Waals surface area (Å²) in [5.74, 6) is 1.71. The molecule has 1 fully saturated rings. The van der Waals surface area contributed by atoms with E-state index in [2.05, 4.69) is 25.3 Å². The summed E-state index contributed by atoms with van der Waals surface area (Å²) < 4.78 is 0. The van der Waals surface area contributed by atoms with Crippen LogP contribution in [0.3, 0.4) is 0 Å². The zero-order chi connectivity index (χ0) is 21.5. The Balaban J connectivity index is 1.60. The van der Waals surface area contributed by atoms with Gasteiger partial charge in [-0.1, -0.05) is 6.08 Å². The number of aromatic nitrogens is 4. The Bertz CT molecular complexity index is 877. The lowest BCUT2D eigenvalue weighted by molar-refractivity contribution is -0.127. The largest absolute Gasteiger partial charge is 0.339 e. The van der Waals surface area contributed by atoms with E-state index >= 15 is 0 Å². The first-order valence-corrected chi connectivity index (χ1v) is 10.4. The molecule has 0 spiro atoms. The fourth-order valence-electron chi connectivity index (χ4n) is 3.67. The number of carbonyl (C=O) groups is 1. The molecule has 30 heavy (non-hydrogen) atoms. The van der Waals surface area contributed by atoms with Gasteiger partial charge in [-0.25, -0.2) is 19.9 Å². The Labute approximate surface area is 178 Å². The number of rotatable bonds is 7. The lowest BCUT2D eigenvalue weighted by atomic mass is 9.93. The molecule has 1 aliphatic rings. The van der Waals surface area contributed by atoms with E-state index in [1.54, 1.807) is 12.4 Å². The number of carbonyl (C=O) groups excluding carboxylic acids is 1. The Morgan fingerprint density at radius 3 is 2.73 bits per heavy atom. The molecule has 8 heteroatoms. The van der Waals surface area contributed by atoms with Crippen LogP contribution in [0.4, 0.5) is 11.8 Å². The number of hydrogen-bond acceptors (Lipinski definition) is 7. The topological polar surface area (TPSA) is 87.1 Å². The fourth-order valence-corrected chi connectivity index (χ4v) is 3.67. The van der Waals surface area contributed by atoms with Gasteiger partial charge in [-0.3, -0.25) is 4.79 Å². The van der Waals surface area contributed by atoms with Crippen molar-refractivity contribution in [1.82, 2.24) is 29.7 Å². The van der Waals surface area contributed by atoms with Crippen molar-refractivity contribution in [2.45, 2.75) is 33.1 Å². The second-order valence-electron chi connectivity index (χ2n) is 8.16. The summed E-state index contributed by atoms with van der Waals surface area (Å²) in [5.41, 5.74) is 2.77. The molecule has 0 aromatic carbocycles. The Morgan fingerprint density at radius 2 is 2.00 bits per heavy atom. The van der Waals surface area contributed by atoms with Gasteiger partial charge in [0.2, 0.25) is 11.9 Å². The van der Waals surface area contributed by atoms with Crippen molar-refractivity contribution in [2.75, 3.05) is 39.0 Å². The third-order valence-corrected chi connectivity index (χ3v) is 5.01. The number of piperidine rings is 1. The van der Waals surface area contributed by atoms with Crippen molar-refractivity contribution >= 4 is 17.7 Å². The van der Waals surface area contributed by atoms with Crippen LogP contribution in [-0.2, 0) is 11.2 Å². The first kappa shape index (κ1) is 21.8. The molecule has 1 amide bonds. The Hall–Kier alpha value is -2.87. The van der Waals surface area contributed by atoms with Crippen LogP contribution < -0.4 is 5.32 Å². The average molecular weight is 410 g/mol. The minimum absolute atomic E-state index is 0.0959. The molecule has 0 radical (unpaired) electrons. The number of hydrogen-bond donors (Lipinski definition) is 1. The molecular weight excluding hydrogens is 378 g/mol. The molecule has 1 saturated heterocycles. The van der Waals surface area contributed by atoms with E-state index in [4.69, 9.17) is 0 Å². The minimum Gasteiger partial charge on any atom is -0.339 e. The van der Waals surface area contributed by atoms with Crippen LogP contribution in [-0.4, -0.2) is 69.4 Å². The van der Waals surface area contributed by atoms with Gasteiger partial charge in [0.15, 0.2) is 0 Å². The maximum Gasteiger partial charge on any atom is 0.246 e. The van der Waals surface area contributed by atoms with E-state index < -0.39 is 0 Å². The Morgan fingerprint density at radius 1 is 1.23 bits per heavy atom. The number of anilines is 2. The summed E-state index contributed by atoms with van der Waals surface area (Å²) in [6.45, 7) is 6.23. The van der Waals surface area contributed by atoms with Gasteiger partial charge in [0.1, 0.15) is 12.1 Å². The zero-order valence-electron chi connectivity index (χ0n) is 18.3. The van der Waals surface area contributed by atoms with Crippen molar-refractivity contribution in [3.8, 4) is 0 Å². The maximum absolute atomic E-state index is 12.5. The highest BCUT2D eigenvalue weighted by Crippen LogP contribution is 2.21. The molecule has 1 atom stereocenters. The number of nitrogens with one attached hydrogen (secondary N) is 1. The summed E-state index contributed by atoms with van der Waals surface area (Å²) in [7, 11) is 3.98. The van der Waals surface area contributed by atoms with Crippen LogP contribution in [0.1, 0.15) is 29.9 Å². The number of nitrogens with zero attached hydrogens (tertiary/aromatic N) is 6. The highest BCUT2D eigenvalue weighted by atomic mass is 16.2. The molecule has 160 valence electrons. The molecular formula is C22H31N7O. The van der Waals surface area contributed by atoms with Crippen molar-refractivity contribution in [3.63, 3.8) is 0 Å². The highest BCUT2D eigenvalue weighted by Gasteiger charge is 2.23. The molecule has 8 nitrogen and oxygen atoms in total. The van der Waals surface area contributed by atoms with Crippen LogP contribution in [0.5, 0.6) is 0 Å². The van der Waals surface area contributed by atoms with E-state index in [1.807, 2.05) is 56.0 Å². The molecule has 0 unspecified atom stereocenters. The van der Waals surface area contributed by atoms with Gasteiger partial charge in [-0.05, 0) is 59.2 Å². The molecule has 3 heterocycles. The van der Waals surface area contributed by atoms with Gasteiger partial charge in [-0.2, -0.15) is 0 Å². The SMILES string of the molecule is Cc1cc(C)nc(Nc2cc(C[C@H]3CCCN(C(=O)/C=C/CN(C)C)C3)ncn2)n1. The third-order valence-electron chi connectivity index (χ3n) is 5.01. The normalized spacial score (nSPS) is 17.0. The summed E-state index contributed by atoms with van der Waals surface area (Å²) >= 11 is 0. The van der Waals surface area contributed by atoms with Gasteiger partial charge in [0.25, 0.3) is 0 Å². The fraction of sp³-hybridized carbons (Fsp3) is 0.500. The smallest absolute Gasteiger partial charge is 0.246 e. The molecule has 0 bridgehead atoms. The quantitative estimate of drug-likeness (QED) is 0.703. The predicted molar refractivity (Wildman–Crippen MR) is 118 cm³/mol. The van der Waals surface area contributed by atoms with Crippen LogP contribution >= 0.6 is 0 Å². The molecule has 2 aromatic heterocycles. The van der Waals surface area contributed by atoms with Gasteiger partial charge in [0, 0.05) is 48.9 Å². The van der Waals surface area contributed by atoms with Crippen molar-refractivity contribution in [3.05, 3.63) is 47.7 Å². The van der Waals surface area contributed by atoms with Crippen molar-refractivity contribution in [1.29, 1.82) is 0 Å². The van der Waals surface area contributed by atoms with E-state index in [1.165, 1.54) is 0 Å². The first-order valence-electron chi connectivity index (χ1n) is 10.4. The predicted octanol–water partition coefficient (Wildman–Crippen LogP) is 2.53. The zero-order valence-corrected chi connectivity index (χ0v) is 18.3. The van der Waals surface area contributed by atoms with Crippen LogP contribution in [0.15, 0.2) is 30.6 Å². The van der Waals surface area contributed by atoms with Crippen LogP contribution in [0.2, 0.25) is 0 Å². The van der Waals surface area contributed by atoms with Crippen LogP contribution in [0.25, 0.3) is 0 Å². The van der Waals surface area contributed by atoms with E-state index in [9.17, 15) is 4.79 Å². The number of amides is 1. The summed E-state index contributed by atoms with van der Waals surface area (Å²) in [6.07, 6.45) is 8.11. The number of likely N-dealkylation sites (N-methyl/N-ethyl adjacent to an activating group) is 1. The monoisotopic (exact) mass is 409 g/mol. The summed E-state index contributed by atoms with van der Waals surface area (Å²) in [4.78, 5) is 34.0. The second-order valence-corrected chi connectivity index (χ2v) is 8.16. The van der Waals surface area contributed by atoms with Crippen LogP contribution in [0, 0.1) is 19.8 Å². The number of likely N-dealkylation sites (tertiary alicyclic amines) is 1.